The fourth-order valence-corrected chi connectivity index (χ4v) is 3.61. The second-order valence-electron chi connectivity index (χ2n) is 6.93. The van der Waals surface area contributed by atoms with Crippen molar-refractivity contribution in [1.82, 2.24) is 4.90 Å². The van der Waals surface area contributed by atoms with Crippen LogP contribution in [0, 0.1) is 0 Å². The normalized spacial score (nSPS) is 13.8. The molecule has 0 aromatic heterocycles. The number of fused-ring (bicyclic) bond motifs is 1. The first-order valence-electron chi connectivity index (χ1n) is 9.16. The molecule has 0 saturated carbocycles. The summed E-state index contributed by atoms with van der Waals surface area (Å²) in [6, 6.07) is 24.0. The van der Waals surface area contributed by atoms with Crippen molar-refractivity contribution >= 4 is 24.2 Å². The molecule has 0 unspecified atom stereocenters. The van der Waals surface area contributed by atoms with Crippen LogP contribution in [0.3, 0.4) is 0 Å². The van der Waals surface area contributed by atoms with Gasteiger partial charge in [0.2, 0.25) is 0 Å². The van der Waals surface area contributed by atoms with Crippen molar-refractivity contribution in [3.8, 4) is 0 Å². The van der Waals surface area contributed by atoms with Gasteiger partial charge in [-0.2, -0.15) is 0 Å². The van der Waals surface area contributed by atoms with E-state index in [0.717, 1.165) is 36.6 Å². The molecule has 1 N–H and O–H groups in total. The lowest BCUT2D eigenvalue weighted by molar-refractivity contribution is 0.102. The zero-order valence-electron chi connectivity index (χ0n) is 15.1. The Hall–Kier alpha value is -2.56. The van der Waals surface area contributed by atoms with Crippen LogP contribution in [-0.2, 0) is 19.5 Å². The summed E-state index contributed by atoms with van der Waals surface area (Å²) in [6.45, 7) is 2.96. The molecule has 1 aliphatic rings. The van der Waals surface area contributed by atoms with Crippen molar-refractivity contribution in [2.24, 2.45) is 0 Å². The van der Waals surface area contributed by atoms with Crippen molar-refractivity contribution in [1.29, 1.82) is 0 Å². The summed E-state index contributed by atoms with van der Waals surface area (Å²) in [5.41, 5.74) is 5.55. The number of rotatable bonds is 4. The van der Waals surface area contributed by atoms with Gasteiger partial charge in [-0.25, -0.2) is 0 Å². The molecule has 3 nitrogen and oxygen atoms in total. The van der Waals surface area contributed by atoms with E-state index in [1.54, 1.807) is 0 Å². The number of nitrogens with zero attached hydrogens (tertiary/aromatic N) is 1. The number of hydrogen-bond donors (Lipinski definition) is 2. The van der Waals surface area contributed by atoms with Crippen LogP contribution in [0.4, 0.5) is 5.69 Å². The Morgan fingerprint density at radius 3 is 2.37 bits per heavy atom. The fraction of sp³-hybridized carbons (Fsp3) is 0.174. The van der Waals surface area contributed by atoms with Gasteiger partial charge in [0.15, 0.2) is 0 Å². The standard InChI is InChI=1S/C23H22N2OS/c26-23(24-21-9-11-22(27)12-10-21)19-7-5-17(6-8-19)15-25-14-13-18-3-1-2-4-20(18)16-25/h1-12,27H,13-16H2,(H,24,26). The highest BCUT2D eigenvalue weighted by Crippen LogP contribution is 2.20. The summed E-state index contributed by atoms with van der Waals surface area (Å²) in [5.74, 6) is -0.0969. The van der Waals surface area contributed by atoms with Gasteiger partial charge in [0.1, 0.15) is 0 Å². The first-order valence-corrected chi connectivity index (χ1v) is 9.60. The molecule has 4 heteroatoms. The van der Waals surface area contributed by atoms with E-state index in [9.17, 15) is 4.79 Å². The molecule has 0 saturated heterocycles. The number of carbonyl (C=O) groups excluding carboxylic acids is 1. The van der Waals surface area contributed by atoms with Gasteiger partial charge < -0.3 is 5.32 Å². The van der Waals surface area contributed by atoms with Gasteiger partial charge in [0.05, 0.1) is 0 Å². The summed E-state index contributed by atoms with van der Waals surface area (Å²) in [4.78, 5) is 15.7. The quantitative estimate of drug-likeness (QED) is 0.644. The molecule has 27 heavy (non-hydrogen) atoms. The van der Waals surface area contributed by atoms with E-state index in [2.05, 4.69) is 47.1 Å². The maximum atomic E-state index is 12.4. The van der Waals surface area contributed by atoms with Crippen LogP contribution in [0.15, 0.2) is 77.7 Å². The van der Waals surface area contributed by atoms with E-state index in [4.69, 9.17) is 0 Å². The average Bonchev–Trinajstić information content (AvgIpc) is 2.70. The molecule has 0 bridgehead atoms. The molecule has 0 aliphatic carbocycles. The molecule has 1 amide bonds. The lowest BCUT2D eigenvalue weighted by atomic mass is 9.99. The van der Waals surface area contributed by atoms with Crippen LogP contribution in [0.2, 0.25) is 0 Å². The molecule has 0 spiro atoms. The summed E-state index contributed by atoms with van der Waals surface area (Å²) in [5, 5.41) is 2.91. The van der Waals surface area contributed by atoms with Gasteiger partial charge in [-0.05, 0) is 59.5 Å². The molecular weight excluding hydrogens is 352 g/mol. The van der Waals surface area contributed by atoms with Crippen LogP contribution in [-0.4, -0.2) is 17.4 Å². The summed E-state index contributed by atoms with van der Waals surface area (Å²) >= 11 is 4.26. The molecule has 1 heterocycles. The van der Waals surface area contributed by atoms with Crippen LogP contribution < -0.4 is 5.32 Å². The first-order chi connectivity index (χ1) is 13.2. The van der Waals surface area contributed by atoms with Gasteiger partial charge in [0.25, 0.3) is 5.91 Å². The van der Waals surface area contributed by atoms with Crippen molar-refractivity contribution in [3.05, 3.63) is 95.1 Å². The van der Waals surface area contributed by atoms with Gasteiger partial charge >= 0.3 is 0 Å². The van der Waals surface area contributed by atoms with Gasteiger partial charge in [-0.15, -0.1) is 12.6 Å². The third-order valence-electron chi connectivity index (χ3n) is 4.96. The second kappa shape index (κ2) is 7.99. The Balaban J connectivity index is 1.37. The second-order valence-corrected chi connectivity index (χ2v) is 7.44. The van der Waals surface area contributed by atoms with Crippen molar-refractivity contribution in [3.63, 3.8) is 0 Å². The average molecular weight is 375 g/mol. The topological polar surface area (TPSA) is 32.3 Å². The maximum Gasteiger partial charge on any atom is 0.255 e. The highest BCUT2D eigenvalue weighted by atomic mass is 32.1. The zero-order chi connectivity index (χ0) is 18.6. The minimum absolute atomic E-state index is 0.0969. The molecule has 3 aromatic rings. The highest BCUT2D eigenvalue weighted by Gasteiger charge is 2.16. The van der Waals surface area contributed by atoms with Gasteiger partial charge in [-0.1, -0.05) is 36.4 Å². The molecule has 0 radical (unpaired) electrons. The lowest BCUT2D eigenvalue weighted by Gasteiger charge is -2.28. The van der Waals surface area contributed by atoms with Crippen LogP contribution >= 0.6 is 12.6 Å². The van der Waals surface area contributed by atoms with E-state index >= 15 is 0 Å². The Morgan fingerprint density at radius 2 is 1.63 bits per heavy atom. The van der Waals surface area contributed by atoms with E-state index in [1.807, 2.05) is 48.5 Å². The first kappa shape index (κ1) is 17.8. The third-order valence-corrected chi connectivity index (χ3v) is 5.26. The minimum Gasteiger partial charge on any atom is -0.322 e. The number of thiol groups is 1. The Bertz CT molecular complexity index is 935. The largest absolute Gasteiger partial charge is 0.322 e. The predicted molar refractivity (Wildman–Crippen MR) is 112 cm³/mol. The number of carbonyl (C=O) groups is 1. The monoisotopic (exact) mass is 374 g/mol. The van der Waals surface area contributed by atoms with Crippen LogP contribution in [0.25, 0.3) is 0 Å². The Labute approximate surface area is 165 Å². The minimum atomic E-state index is -0.0969. The number of hydrogen-bond acceptors (Lipinski definition) is 3. The summed E-state index contributed by atoms with van der Waals surface area (Å²) < 4.78 is 0. The smallest absolute Gasteiger partial charge is 0.255 e. The van der Waals surface area contributed by atoms with E-state index < -0.39 is 0 Å². The van der Waals surface area contributed by atoms with Crippen molar-refractivity contribution < 1.29 is 4.79 Å². The third kappa shape index (κ3) is 4.41. The van der Waals surface area contributed by atoms with E-state index in [1.165, 1.54) is 16.7 Å². The van der Waals surface area contributed by atoms with E-state index in [-0.39, 0.29) is 5.91 Å². The van der Waals surface area contributed by atoms with Crippen molar-refractivity contribution in [2.45, 2.75) is 24.4 Å². The summed E-state index contributed by atoms with van der Waals surface area (Å²) in [7, 11) is 0. The number of benzene rings is 3. The Morgan fingerprint density at radius 1 is 0.926 bits per heavy atom. The summed E-state index contributed by atoms with van der Waals surface area (Å²) in [6.07, 6.45) is 1.10. The number of amides is 1. The van der Waals surface area contributed by atoms with Crippen molar-refractivity contribution in [2.75, 3.05) is 11.9 Å². The van der Waals surface area contributed by atoms with Crippen LogP contribution in [0.1, 0.15) is 27.0 Å². The van der Waals surface area contributed by atoms with Gasteiger partial charge in [-0.3, -0.25) is 9.69 Å². The maximum absolute atomic E-state index is 12.4. The number of anilines is 1. The number of nitrogens with one attached hydrogen (secondary N) is 1. The molecule has 3 aromatic carbocycles. The van der Waals surface area contributed by atoms with Gasteiger partial charge in [0, 0.05) is 35.8 Å². The molecule has 4 rings (SSSR count). The molecule has 136 valence electrons. The highest BCUT2D eigenvalue weighted by molar-refractivity contribution is 7.80. The van der Waals surface area contributed by atoms with Crippen LogP contribution in [0.5, 0.6) is 0 Å². The molecule has 0 fully saturated rings. The lowest BCUT2D eigenvalue weighted by Crippen LogP contribution is -2.29. The molecule has 1 aliphatic heterocycles. The zero-order valence-corrected chi connectivity index (χ0v) is 16.0. The predicted octanol–water partition coefficient (Wildman–Crippen LogP) is 4.79. The molecular formula is C23H22N2OS. The SMILES string of the molecule is O=C(Nc1ccc(S)cc1)c1ccc(CN2CCc3ccccc3C2)cc1. The molecule has 0 atom stereocenters. The Kier molecular flexibility index (Phi) is 5.28. The van der Waals surface area contributed by atoms with E-state index in [0.29, 0.717) is 5.56 Å². The fourth-order valence-electron chi connectivity index (χ4n) is 3.46.